The molecule has 0 fully saturated rings. The predicted molar refractivity (Wildman–Crippen MR) is 65.9 cm³/mol. The fraction of sp³-hybridized carbons (Fsp3) is 0.538. The van der Waals surface area contributed by atoms with Gasteiger partial charge in [0.05, 0.1) is 13.2 Å². The average Bonchev–Trinajstić information content (AvgIpc) is 2.34. The Bertz CT molecular complexity index is 251. The van der Waals surface area contributed by atoms with E-state index in [2.05, 4.69) is 5.32 Å². The van der Waals surface area contributed by atoms with Crippen molar-refractivity contribution in [2.24, 2.45) is 0 Å². The molecule has 16 heavy (non-hydrogen) atoms. The molecule has 1 N–H and O–H groups in total. The van der Waals surface area contributed by atoms with E-state index in [1.807, 2.05) is 37.4 Å². The molecular formula is C13H21NO2. The van der Waals surface area contributed by atoms with Crippen LogP contribution in [0.15, 0.2) is 30.3 Å². The van der Waals surface area contributed by atoms with Crippen LogP contribution in [-0.4, -0.2) is 33.4 Å². The molecule has 1 rings (SSSR count). The summed E-state index contributed by atoms with van der Waals surface area (Å²) in [6, 6.07) is 9.90. The molecule has 0 atom stereocenters. The van der Waals surface area contributed by atoms with Gasteiger partial charge in [0.25, 0.3) is 0 Å². The van der Waals surface area contributed by atoms with Crippen LogP contribution < -0.4 is 10.1 Å². The number of unbranched alkanes of at least 4 members (excludes halogenated alkanes) is 1. The number of likely N-dealkylation sites (N-methyl/N-ethyl adjacent to an activating group) is 1. The number of hydrogen-bond donors (Lipinski definition) is 1. The third-order valence-electron chi connectivity index (χ3n) is 2.19. The van der Waals surface area contributed by atoms with E-state index in [-0.39, 0.29) is 0 Å². The molecule has 0 bridgehead atoms. The van der Waals surface area contributed by atoms with Crippen LogP contribution in [0.2, 0.25) is 0 Å². The number of rotatable bonds is 9. The van der Waals surface area contributed by atoms with Gasteiger partial charge in [-0.05, 0) is 32.0 Å². The van der Waals surface area contributed by atoms with Gasteiger partial charge in [-0.2, -0.15) is 0 Å². The summed E-state index contributed by atoms with van der Waals surface area (Å²) in [6.07, 6.45) is 2.09. The Kier molecular flexibility index (Phi) is 7.47. The van der Waals surface area contributed by atoms with Crippen molar-refractivity contribution in [1.29, 1.82) is 0 Å². The SMILES string of the molecule is CNCCOCCCCOc1ccccc1. The molecule has 1 aromatic rings. The largest absolute Gasteiger partial charge is 0.494 e. The van der Waals surface area contributed by atoms with Crippen molar-refractivity contribution in [2.75, 3.05) is 33.4 Å². The van der Waals surface area contributed by atoms with E-state index in [1.165, 1.54) is 0 Å². The number of para-hydroxylation sites is 1. The molecule has 0 aliphatic carbocycles. The van der Waals surface area contributed by atoms with Gasteiger partial charge < -0.3 is 14.8 Å². The normalized spacial score (nSPS) is 10.3. The van der Waals surface area contributed by atoms with E-state index in [0.29, 0.717) is 0 Å². The van der Waals surface area contributed by atoms with Gasteiger partial charge >= 0.3 is 0 Å². The van der Waals surface area contributed by atoms with Crippen LogP contribution in [-0.2, 0) is 4.74 Å². The van der Waals surface area contributed by atoms with Gasteiger partial charge in [-0.1, -0.05) is 18.2 Å². The summed E-state index contributed by atoms with van der Waals surface area (Å²) in [7, 11) is 1.93. The zero-order valence-corrected chi connectivity index (χ0v) is 9.95. The van der Waals surface area contributed by atoms with Crippen LogP contribution in [0.1, 0.15) is 12.8 Å². The third-order valence-corrected chi connectivity index (χ3v) is 2.19. The lowest BCUT2D eigenvalue weighted by Crippen LogP contribution is -2.14. The topological polar surface area (TPSA) is 30.5 Å². The first-order valence-electron chi connectivity index (χ1n) is 5.83. The van der Waals surface area contributed by atoms with Crippen LogP contribution in [0.5, 0.6) is 5.75 Å². The van der Waals surface area contributed by atoms with Gasteiger partial charge in [0, 0.05) is 13.2 Å². The second-order valence-corrected chi connectivity index (χ2v) is 3.58. The highest BCUT2D eigenvalue weighted by atomic mass is 16.5. The molecule has 0 saturated carbocycles. The minimum absolute atomic E-state index is 0.763. The molecule has 0 saturated heterocycles. The van der Waals surface area contributed by atoms with E-state index in [9.17, 15) is 0 Å². The molecule has 3 heteroatoms. The molecule has 90 valence electrons. The van der Waals surface area contributed by atoms with Crippen LogP contribution in [0.25, 0.3) is 0 Å². The zero-order chi connectivity index (χ0) is 11.5. The van der Waals surface area contributed by atoms with Crippen molar-refractivity contribution < 1.29 is 9.47 Å². The molecule has 0 aromatic heterocycles. The summed E-state index contributed by atoms with van der Waals surface area (Å²) in [4.78, 5) is 0. The fourth-order valence-corrected chi connectivity index (χ4v) is 1.29. The van der Waals surface area contributed by atoms with Gasteiger partial charge in [-0.15, -0.1) is 0 Å². The van der Waals surface area contributed by atoms with Crippen molar-refractivity contribution in [3.05, 3.63) is 30.3 Å². The summed E-state index contributed by atoms with van der Waals surface area (Å²) in [6.45, 7) is 3.29. The lowest BCUT2D eigenvalue weighted by atomic mass is 10.3. The third kappa shape index (κ3) is 6.43. The molecule has 0 amide bonds. The maximum Gasteiger partial charge on any atom is 0.119 e. The number of ether oxygens (including phenoxy) is 2. The Balaban J connectivity index is 1.89. The summed E-state index contributed by atoms with van der Waals surface area (Å²) >= 11 is 0. The second kappa shape index (κ2) is 9.19. The molecule has 0 radical (unpaired) electrons. The van der Waals surface area contributed by atoms with Gasteiger partial charge in [-0.3, -0.25) is 0 Å². The Morgan fingerprint density at radius 1 is 1.00 bits per heavy atom. The summed E-state index contributed by atoms with van der Waals surface area (Å²) in [5.74, 6) is 0.943. The van der Waals surface area contributed by atoms with Crippen LogP contribution >= 0.6 is 0 Å². The summed E-state index contributed by atoms with van der Waals surface area (Å²) < 4.78 is 11.0. The van der Waals surface area contributed by atoms with Gasteiger partial charge in [0.2, 0.25) is 0 Å². The Morgan fingerprint density at radius 2 is 1.75 bits per heavy atom. The number of hydrogen-bond acceptors (Lipinski definition) is 3. The van der Waals surface area contributed by atoms with Crippen molar-refractivity contribution >= 4 is 0 Å². The molecule has 0 aliphatic rings. The lowest BCUT2D eigenvalue weighted by Gasteiger charge is -2.06. The quantitative estimate of drug-likeness (QED) is 0.650. The van der Waals surface area contributed by atoms with Crippen LogP contribution in [0.3, 0.4) is 0 Å². The zero-order valence-electron chi connectivity index (χ0n) is 9.95. The van der Waals surface area contributed by atoms with Crippen molar-refractivity contribution in [3.8, 4) is 5.75 Å². The monoisotopic (exact) mass is 223 g/mol. The highest BCUT2D eigenvalue weighted by molar-refractivity contribution is 5.20. The van der Waals surface area contributed by atoms with Gasteiger partial charge in [0.15, 0.2) is 0 Å². The van der Waals surface area contributed by atoms with Crippen molar-refractivity contribution in [1.82, 2.24) is 5.32 Å². The van der Waals surface area contributed by atoms with Gasteiger partial charge in [0.1, 0.15) is 5.75 Å². The predicted octanol–water partition coefficient (Wildman–Crippen LogP) is 2.08. The minimum atomic E-state index is 0.763. The Labute approximate surface area is 97.8 Å². The molecule has 0 unspecified atom stereocenters. The maximum atomic E-state index is 5.57. The first-order valence-corrected chi connectivity index (χ1v) is 5.83. The Hall–Kier alpha value is -1.06. The van der Waals surface area contributed by atoms with E-state index in [4.69, 9.17) is 9.47 Å². The van der Waals surface area contributed by atoms with E-state index in [0.717, 1.165) is 45.0 Å². The van der Waals surface area contributed by atoms with E-state index < -0.39 is 0 Å². The smallest absolute Gasteiger partial charge is 0.119 e. The molecule has 0 spiro atoms. The van der Waals surface area contributed by atoms with Crippen LogP contribution in [0, 0.1) is 0 Å². The van der Waals surface area contributed by atoms with Crippen LogP contribution in [0.4, 0.5) is 0 Å². The Morgan fingerprint density at radius 3 is 2.50 bits per heavy atom. The first kappa shape index (κ1) is 13.0. The molecule has 0 aliphatic heterocycles. The fourth-order valence-electron chi connectivity index (χ4n) is 1.29. The standard InChI is InChI=1S/C13H21NO2/c1-14-9-12-15-10-5-6-11-16-13-7-3-2-4-8-13/h2-4,7-8,14H,5-6,9-12H2,1H3. The first-order chi connectivity index (χ1) is 7.93. The summed E-state index contributed by atoms with van der Waals surface area (Å²) in [5.41, 5.74) is 0. The summed E-state index contributed by atoms with van der Waals surface area (Å²) in [5, 5.41) is 3.04. The van der Waals surface area contributed by atoms with Gasteiger partial charge in [-0.25, -0.2) is 0 Å². The minimum Gasteiger partial charge on any atom is -0.494 e. The number of nitrogens with one attached hydrogen (secondary N) is 1. The lowest BCUT2D eigenvalue weighted by molar-refractivity contribution is 0.129. The van der Waals surface area contributed by atoms with E-state index in [1.54, 1.807) is 0 Å². The second-order valence-electron chi connectivity index (χ2n) is 3.58. The molecule has 0 heterocycles. The highest BCUT2D eigenvalue weighted by Crippen LogP contribution is 2.08. The number of benzene rings is 1. The molecule has 3 nitrogen and oxygen atoms in total. The molecular weight excluding hydrogens is 202 g/mol. The van der Waals surface area contributed by atoms with Crippen molar-refractivity contribution in [3.63, 3.8) is 0 Å². The maximum absolute atomic E-state index is 5.57. The molecule has 1 aromatic carbocycles. The average molecular weight is 223 g/mol. The highest BCUT2D eigenvalue weighted by Gasteiger charge is 1.92. The van der Waals surface area contributed by atoms with Crippen molar-refractivity contribution in [2.45, 2.75) is 12.8 Å². The van der Waals surface area contributed by atoms with E-state index >= 15 is 0 Å².